The van der Waals surface area contributed by atoms with Crippen LogP contribution in [-0.2, 0) is 0 Å². The Labute approximate surface area is 101 Å². The van der Waals surface area contributed by atoms with Gasteiger partial charge in [-0.3, -0.25) is 4.79 Å². The lowest BCUT2D eigenvalue weighted by Gasteiger charge is -2.08. The molecule has 0 aliphatic heterocycles. The van der Waals surface area contributed by atoms with E-state index in [1.54, 1.807) is 0 Å². The van der Waals surface area contributed by atoms with E-state index in [1.807, 2.05) is 62.4 Å². The largest absolute Gasteiger partial charge is 0.322 e. The number of amides is 1. The molecule has 0 atom stereocenters. The molecule has 0 saturated heterocycles. The number of nitrogens with one attached hydrogen (secondary N) is 1. The summed E-state index contributed by atoms with van der Waals surface area (Å²) in [5.74, 6) is -0.0701. The Bertz CT molecular complexity index is 529. The minimum Gasteiger partial charge on any atom is -0.322 e. The molecular formula is C15H15NO. The van der Waals surface area contributed by atoms with E-state index >= 15 is 0 Å². The number of anilines is 1. The minimum atomic E-state index is -0.0701. The third kappa shape index (κ3) is 2.72. The van der Waals surface area contributed by atoms with Crippen molar-refractivity contribution in [1.29, 1.82) is 0 Å². The second-order valence-electron chi connectivity index (χ2n) is 4.14. The highest BCUT2D eigenvalue weighted by molar-refractivity contribution is 6.04. The molecule has 0 aliphatic rings. The molecule has 0 saturated carbocycles. The van der Waals surface area contributed by atoms with Crippen molar-refractivity contribution in [2.24, 2.45) is 0 Å². The summed E-state index contributed by atoms with van der Waals surface area (Å²) in [5, 5.41) is 2.91. The molecule has 0 heterocycles. The van der Waals surface area contributed by atoms with Gasteiger partial charge >= 0.3 is 0 Å². The van der Waals surface area contributed by atoms with Crippen LogP contribution in [0.25, 0.3) is 0 Å². The summed E-state index contributed by atoms with van der Waals surface area (Å²) in [6.07, 6.45) is 0. The van der Waals surface area contributed by atoms with E-state index in [0.717, 1.165) is 16.8 Å². The van der Waals surface area contributed by atoms with E-state index < -0.39 is 0 Å². The van der Waals surface area contributed by atoms with Gasteiger partial charge in [-0.2, -0.15) is 0 Å². The van der Waals surface area contributed by atoms with Crippen molar-refractivity contribution >= 4 is 11.6 Å². The first-order valence-corrected chi connectivity index (χ1v) is 5.60. The van der Waals surface area contributed by atoms with E-state index in [0.29, 0.717) is 5.56 Å². The summed E-state index contributed by atoms with van der Waals surface area (Å²) < 4.78 is 0. The fraction of sp³-hybridized carbons (Fsp3) is 0.133. The number of benzene rings is 2. The molecule has 2 aromatic rings. The number of hydrogen-bond donors (Lipinski definition) is 1. The maximum Gasteiger partial charge on any atom is 0.255 e. The molecule has 0 aliphatic carbocycles. The average Bonchev–Trinajstić information content (AvgIpc) is 2.33. The lowest BCUT2D eigenvalue weighted by atomic mass is 10.1. The van der Waals surface area contributed by atoms with Crippen LogP contribution >= 0.6 is 0 Å². The van der Waals surface area contributed by atoms with Crippen LogP contribution in [0.4, 0.5) is 5.69 Å². The van der Waals surface area contributed by atoms with Crippen LogP contribution in [0.5, 0.6) is 0 Å². The molecule has 2 heteroatoms. The number of hydrogen-bond acceptors (Lipinski definition) is 1. The number of rotatable bonds is 2. The maximum absolute atomic E-state index is 12.0. The van der Waals surface area contributed by atoms with Gasteiger partial charge in [-0.1, -0.05) is 35.9 Å². The molecule has 0 spiro atoms. The fourth-order valence-electron chi connectivity index (χ4n) is 1.61. The molecule has 0 aromatic heterocycles. The van der Waals surface area contributed by atoms with Gasteiger partial charge in [-0.15, -0.1) is 0 Å². The van der Waals surface area contributed by atoms with Crippen molar-refractivity contribution in [2.75, 3.05) is 5.32 Å². The summed E-state index contributed by atoms with van der Waals surface area (Å²) in [5.41, 5.74) is 3.75. The number of para-hydroxylation sites is 1. The number of carbonyl (C=O) groups is 1. The van der Waals surface area contributed by atoms with Crippen molar-refractivity contribution in [2.45, 2.75) is 13.8 Å². The van der Waals surface area contributed by atoms with Gasteiger partial charge in [0.05, 0.1) is 0 Å². The molecule has 86 valence electrons. The first kappa shape index (κ1) is 11.4. The number of carbonyl (C=O) groups excluding carboxylic acids is 1. The van der Waals surface area contributed by atoms with Gasteiger partial charge in [-0.05, 0) is 37.6 Å². The smallest absolute Gasteiger partial charge is 0.255 e. The molecule has 17 heavy (non-hydrogen) atoms. The minimum absolute atomic E-state index is 0.0701. The van der Waals surface area contributed by atoms with Crippen LogP contribution in [0.15, 0.2) is 48.5 Å². The average molecular weight is 225 g/mol. The standard InChI is InChI=1S/C15H15NO/c1-11-7-9-13(10-8-11)15(17)16-14-6-4-3-5-12(14)2/h3-10H,1-2H3,(H,16,17). The highest BCUT2D eigenvalue weighted by Crippen LogP contribution is 2.14. The molecule has 1 amide bonds. The molecule has 0 fully saturated rings. The van der Waals surface area contributed by atoms with Crippen LogP contribution in [0.1, 0.15) is 21.5 Å². The number of aryl methyl sites for hydroxylation is 2. The molecule has 0 bridgehead atoms. The monoisotopic (exact) mass is 225 g/mol. The predicted molar refractivity (Wildman–Crippen MR) is 70.3 cm³/mol. The third-order valence-corrected chi connectivity index (χ3v) is 2.71. The van der Waals surface area contributed by atoms with E-state index in [9.17, 15) is 4.79 Å². The van der Waals surface area contributed by atoms with Gasteiger partial charge in [-0.25, -0.2) is 0 Å². The van der Waals surface area contributed by atoms with Crippen molar-refractivity contribution < 1.29 is 4.79 Å². The lowest BCUT2D eigenvalue weighted by molar-refractivity contribution is 0.102. The summed E-state index contributed by atoms with van der Waals surface area (Å²) in [4.78, 5) is 12.0. The van der Waals surface area contributed by atoms with Crippen LogP contribution in [-0.4, -0.2) is 5.91 Å². The van der Waals surface area contributed by atoms with E-state index in [1.165, 1.54) is 0 Å². The Morgan fingerprint density at radius 3 is 2.24 bits per heavy atom. The summed E-state index contributed by atoms with van der Waals surface area (Å²) in [6.45, 7) is 3.98. The van der Waals surface area contributed by atoms with Gasteiger partial charge in [0.15, 0.2) is 0 Å². The molecule has 1 N–H and O–H groups in total. The predicted octanol–water partition coefficient (Wildman–Crippen LogP) is 3.56. The fourth-order valence-corrected chi connectivity index (χ4v) is 1.61. The van der Waals surface area contributed by atoms with Crippen LogP contribution < -0.4 is 5.32 Å². The van der Waals surface area contributed by atoms with Gasteiger partial charge in [0.2, 0.25) is 0 Å². The van der Waals surface area contributed by atoms with Crippen LogP contribution in [0, 0.1) is 13.8 Å². The highest BCUT2D eigenvalue weighted by atomic mass is 16.1. The van der Waals surface area contributed by atoms with Gasteiger partial charge in [0.25, 0.3) is 5.91 Å². The van der Waals surface area contributed by atoms with E-state index in [-0.39, 0.29) is 5.91 Å². The lowest BCUT2D eigenvalue weighted by Crippen LogP contribution is -2.12. The van der Waals surface area contributed by atoms with Crippen LogP contribution in [0.2, 0.25) is 0 Å². The second kappa shape index (κ2) is 4.83. The zero-order valence-corrected chi connectivity index (χ0v) is 10.0. The van der Waals surface area contributed by atoms with Gasteiger partial charge < -0.3 is 5.32 Å². The second-order valence-corrected chi connectivity index (χ2v) is 4.14. The Morgan fingerprint density at radius 2 is 1.59 bits per heavy atom. The Morgan fingerprint density at radius 1 is 0.941 bits per heavy atom. The molecule has 0 unspecified atom stereocenters. The summed E-state index contributed by atoms with van der Waals surface area (Å²) in [7, 11) is 0. The van der Waals surface area contributed by atoms with E-state index in [4.69, 9.17) is 0 Å². The molecule has 0 radical (unpaired) electrons. The van der Waals surface area contributed by atoms with Gasteiger partial charge in [0.1, 0.15) is 0 Å². The van der Waals surface area contributed by atoms with Gasteiger partial charge in [0, 0.05) is 11.3 Å². The summed E-state index contributed by atoms with van der Waals surface area (Å²) in [6, 6.07) is 15.3. The van der Waals surface area contributed by atoms with Crippen LogP contribution in [0.3, 0.4) is 0 Å². The molecule has 2 rings (SSSR count). The maximum atomic E-state index is 12.0. The van der Waals surface area contributed by atoms with E-state index in [2.05, 4.69) is 5.32 Å². The normalized spacial score (nSPS) is 10.0. The Kier molecular flexibility index (Phi) is 3.24. The first-order valence-electron chi connectivity index (χ1n) is 5.60. The Balaban J connectivity index is 2.17. The van der Waals surface area contributed by atoms with Crippen molar-refractivity contribution in [1.82, 2.24) is 0 Å². The third-order valence-electron chi connectivity index (χ3n) is 2.71. The zero-order chi connectivity index (χ0) is 12.3. The quantitative estimate of drug-likeness (QED) is 0.832. The summed E-state index contributed by atoms with van der Waals surface area (Å²) >= 11 is 0. The van der Waals surface area contributed by atoms with Crippen molar-refractivity contribution in [3.05, 3.63) is 65.2 Å². The highest BCUT2D eigenvalue weighted by Gasteiger charge is 2.06. The molecule has 2 aromatic carbocycles. The van der Waals surface area contributed by atoms with Crippen molar-refractivity contribution in [3.8, 4) is 0 Å². The molecule has 2 nitrogen and oxygen atoms in total. The topological polar surface area (TPSA) is 29.1 Å². The SMILES string of the molecule is Cc1ccc(C(=O)Nc2ccccc2C)cc1. The molecular weight excluding hydrogens is 210 g/mol. The Hall–Kier alpha value is -2.09. The van der Waals surface area contributed by atoms with Crippen molar-refractivity contribution in [3.63, 3.8) is 0 Å². The first-order chi connectivity index (χ1) is 8.16. The zero-order valence-electron chi connectivity index (χ0n) is 10.0.